The molecule has 3 rings (SSSR count). The van der Waals surface area contributed by atoms with E-state index in [9.17, 15) is 0 Å². The van der Waals surface area contributed by atoms with Gasteiger partial charge in [-0.3, -0.25) is 4.98 Å². The highest BCUT2D eigenvalue weighted by atomic mass is 15.0. The topological polar surface area (TPSA) is 50.7 Å². The van der Waals surface area contributed by atoms with Crippen LogP contribution in [0, 0.1) is 0 Å². The highest BCUT2D eigenvalue weighted by Gasteiger charge is 2.17. The Labute approximate surface area is 111 Å². The number of hydrogen-bond acceptors (Lipinski definition) is 4. The first-order valence-electron chi connectivity index (χ1n) is 6.17. The Balaban J connectivity index is 2.17. The summed E-state index contributed by atoms with van der Waals surface area (Å²) in [7, 11) is 1.91. The molecule has 0 fully saturated rings. The molecular weight excluding hydrogens is 236 g/mol. The van der Waals surface area contributed by atoms with Gasteiger partial charge < -0.3 is 5.32 Å². The molecule has 2 aromatic heterocycles. The van der Waals surface area contributed by atoms with Gasteiger partial charge in [-0.1, -0.05) is 24.3 Å². The lowest BCUT2D eigenvalue weighted by molar-refractivity contribution is 0.648. The second-order valence-electron chi connectivity index (χ2n) is 4.28. The lowest BCUT2D eigenvalue weighted by Crippen LogP contribution is -2.20. The molecule has 4 heteroatoms. The van der Waals surface area contributed by atoms with E-state index in [1.54, 1.807) is 12.4 Å². The monoisotopic (exact) mass is 250 g/mol. The Kier molecular flexibility index (Phi) is 3.16. The molecule has 3 aromatic rings. The van der Waals surface area contributed by atoms with Crippen molar-refractivity contribution in [3.05, 3.63) is 66.5 Å². The van der Waals surface area contributed by atoms with E-state index in [1.807, 2.05) is 37.6 Å². The lowest BCUT2D eigenvalue weighted by Gasteiger charge is -2.16. The Morgan fingerprint density at radius 1 is 1.00 bits per heavy atom. The van der Waals surface area contributed by atoms with Crippen LogP contribution in [0.25, 0.3) is 10.8 Å². The number of aromatic nitrogens is 3. The predicted octanol–water partition coefficient (Wildman–Crippen LogP) is 2.33. The van der Waals surface area contributed by atoms with Crippen LogP contribution < -0.4 is 5.32 Å². The van der Waals surface area contributed by atoms with E-state index in [0.717, 1.165) is 16.8 Å². The molecule has 0 saturated carbocycles. The number of rotatable bonds is 3. The standard InChI is InChI=1S/C15H14N4/c1-16-14(15-18-7-4-8-19-15)13-10-17-9-11-5-2-3-6-12(11)13/h2-10,14,16H,1H3. The number of nitrogens with one attached hydrogen (secondary N) is 1. The van der Waals surface area contributed by atoms with Crippen LogP contribution in [0.3, 0.4) is 0 Å². The summed E-state index contributed by atoms with van der Waals surface area (Å²) in [4.78, 5) is 13.0. The number of fused-ring (bicyclic) bond motifs is 1. The van der Waals surface area contributed by atoms with Gasteiger partial charge in [0.25, 0.3) is 0 Å². The van der Waals surface area contributed by atoms with Crippen LogP contribution in [0.1, 0.15) is 17.4 Å². The molecule has 0 saturated heterocycles. The molecule has 94 valence electrons. The van der Waals surface area contributed by atoms with Crippen molar-refractivity contribution >= 4 is 10.8 Å². The molecule has 0 bridgehead atoms. The molecular formula is C15H14N4. The fraction of sp³-hybridized carbons (Fsp3) is 0.133. The van der Waals surface area contributed by atoms with E-state index in [4.69, 9.17) is 0 Å². The molecule has 2 heterocycles. The maximum Gasteiger partial charge on any atom is 0.149 e. The fourth-order valence-corrected chi connectivity index (χ4v) is 2.25. The summed E-state index contributed by atoms with van der Waals surface area (Å²) in [5.74, 6) is 0.753. The van der Waals surface area contributed by atoms with Crippen LogP contribution in [0.15, 0.2) is 55.1 Å². The van der Waals surface area contributed by atoms with E-state index in [-0.39, 0.29) is 6.04 Å². The zero-order chi connectivity index (χ0) is 13.1. The summed E-state index contributed by atoms with van der Waals surface area (Å²) in [5, 5.41) is 5.55. The Morgan fingerprint density at radius 2 is 1.79 bits per heavy atom. The average molecular weight is 250 g/mol. The number of nitrogens with zero attached hydrogens (tertiary/aromatic N) is 3. The van der Waals surface area contributed by atoms with Gasteiger partial charge in [0.1, 0.15) is 5.82 Å². The van der Waals surface area contributed by atoms with Crippen molar-refractivity contribution in [3.8, 4) is 0 Å². The molecule has 0 aliphatic rings. The smallest absolute Gasteiger partial charge is 0.149 e. The Bertz CT molecular complexity index is 677. The van der Waals surface area contributed by atoms with Crippen LogP contribution in [0.5, 0.6) is 0 Å². The number of pyridine rings is 1. The SMILES string of the molecule is CNC(c1ncccn1)c1cncc2ccccc12. The predicted molar refractivity (Wildman–Crippen MR) is 74.7 cm³/mol. The Hall–Kier alpha value is -2.33. The van der Waals surface area contributed by atoms with Crippen molar-refractivity contribution in [3.63, 3.8) is 0 Å². The Morgan fingerprint density at radius 3 is 2.58 bits per heavy atom. The van der Waals surface area contributed by atoms with Gasteiger partial charge in [-0.15, -0.1) is 0 Å². The first-order valence-corrected chi connectivity index (χ1v) is 6.17. The van der Waals surface area contributed by atoms with Gasteiger partial charge in [-0.2, -0.15) is 0 Å². The van der Waals surface area contributed by atoms with Gasteiger partial charge in [-0.05, 0) is 18.5 Å². The van der Waals surface area contributed by atoms with Crippen molar-refractivity contribution in [2.45, 2.75) is 6.04 Å². The molecule has 0 aliphatic heterocycles. The normalized spacial score (nSPS) is 12.5. The van der Waals surface area contributed by atoms with Crippen LogP contribution in [-0.4, -0.2) is 22.0 Å². The molecule has 4 nitrogen and oxygen atoms in total. The van der Waals surface area contributed by atoms with Gasteiger partial charge in [0.2, 0.25) is 0 Å². The minimum atomic E-state index is -0.0557. The maximum atomic E-state index is 4.33. The van der Waals surface area contributed by atoms with E-state index in [1.165, 1.54) is 5.39 Å². The average Bonchev–Trinajstić information content (AvgIpc) is 2.49. The third-order valence-electron chi connectivity index (χ3n) is 3.14. The summed E-state index contributed by atoms with van der Waals surface area (Å²) >= 11 is 0. The number of hydrogen-bond donors (Lipinski definition) is 1. The first-order chi connectivity index (χ1) is 9.40. The van der Waals surface area contributed by atoms with Crippen LogP contribution in [0.2, 0.25) is 0 Å². The minimum Gasteiger partial charge on any atom is -0.307 e. The summed E-state index contributed by atoms with van der Waals surface area (Å²) in [5.41, 5.74) is 1.09. The quantitative estimate of drug-likeness (QED) is 0.775. The highest BCUT2D eigenvalue weighted by molar-refractivity contribution is 5.85. The molecule has 0 spiro atoms. The van der Waals surface area contributed by atoms with E-state index in [0.29, 0.717) is 0 Å². The van der Waals surface area contributed by atoms with Gasteiger partial charge in [0, 0.05) is 35.7 Å². The molecule has 19 heavy (non-hydrogen) atoms. The van der Waals surface area contributed by atoms with E-state index < -0.39 is 0 Å². The molecule has 0 radical (unpaired) electrons. The lowest BCUT2D eigenvalue weighted by atomic mass is 10.0. The summed E-state index contributed by atoms with van der Waals surface area (Å²) in [6.07, 6.45) is 7.26. The van der Waals surface area contributed by atoms with Crippen molar-refractivity contribution in [1.82, 2.24) is 20.3 Å². The largest absolute Gasteiger partial charge is 0.307 e. The second-order valence-corrected chi connectivity index (χ2v) is 4.28. The van der Waals surface area contributed by atoms with Gasteiger partial charge >= 0.3 is 0 Å². The van der Waals surface area contributed by atoms with Gasteiger partial charge in [0.15, 0.2) is 0 Å². The second kappa shape index (κ2) is 5.12. The van der Waals surface area contributed by atoms with Crippen LogP contribution in [-0.2, 0) is 0 Å². The van der Waals surface area contributed by atoms with Crippen LogP contribution in [0.4, 0.5) is 0 Å². The van der Waals surface area contributed by atoms with Crippen molar-refractivity contribution in [2.75, 3.05) is 7.05 Å². The fourth-order valence-electron chi connectivity index (χ4n) is 2.25. The summed E-state index contributed by atoms with van der Waals surface area (Å²) < 4.78 is 0. The van der Waals surface area contributed by atoms with Crippen molar-refractivity contribution in [2.24, 2.45) is 0 Å². The summed E-state index contributed by atoms with van der Waals surface area (Å²) in [6, 6.07) is 9.97. The van der Waals surface area contributed by atoms with E-state index >= 15 is 0 Å². The molecule has 0 amide bonds. The zero-order valence-corrected chi connectivity index (χ0v) is 10.6. The summed E-state index contributed by atoms with van der Waals surface area (Å²) in [6.45, 7) is 0. The van der Waals surface area contributed by atoms with Gasteiger partial charge in [-0.25, -0.2) is 9.97 Å². The minimum absolute atomic E-state index is 0.0557. The third kappa shape index (κ3) is 2.18. The molecule has 0 aliphatic carbocycles. The van der Waals surface area contributed by atoms with Crippen molar-refractivity contribution < 1.29 is 0 Å². The van der Waals surface area contributed by atoms with Gasteiger partial charge in [0.05, 0.1) is 6.04 Å². The van der Waals surface area contributed by atoms with Crippen LogP contribution >= 0.6 is 0 Å². The zero-order valence-electron chi connectivity index (χ0n) is 10.6. The third-order valence-corrected chi connectivity index (χ3v) is 3.14. The van der Waals surface area contributed by atoms with Crippen molar-refractivity contribution in [1.29, 1.82) is 0 Å². The highest BCUT2D eigenvalue weighted by Crippen LogP contribution is 2.25. The number of benzene rings is 1. The molecule has 1 unspecified atom stereocenters. The molecule has 1 N–H and O–H groups in total. The molecule has 1 atom stereocenters. The maximum absolute atomic E-state index is 4.33. The van der Waals surface area contributed by atoms with E-state index in [2.05, 4.69) is 32.4 Å². The first kappa shape index (κ1) is 11.7. The molecule has 1 aromatic carbocycles.